The first kappa shape index (κ1) is 38.9. The predicted molar refractivity (Wildman–Crippen MR) is 213 cm³/mol. The van der Waals surface area contributed by atoms with Crippen molar-refractivity contribution in [1.29, 1.82) is 0 Å². The van der Waals surface area contributed by atoms with E-state index < -0.39 is 8.53 Å². The number of anilines is 1. The fourth-order valence-electron chi connectivity index (χ4n) is 7.37. The summed E-state index contributed by atoms with van der Waals surface area (Å²) < 4.78 is 24.4. The van der Waals surface area contributed by atoms with Gasteiger partial charge in [0.05, 0.1) is 18.8 Å². The summed E-state index contributed by atoms with van der Waals surface area (Å²) in [5.41, 5.74) is 5.62. The number of fused-ring (bicyclic) bond motifs is 2. The highest BCUT2D eigenvalue weighted by molar-refractivity contribution is 7.44. The Morgan fingerprint density at radius 2 is 1.59 bits per heavy atom. The summed E-state index contributed by atoms with van der Waals surface area (Å²) >= 11 is 0. The van der Waals surface area contributed by atoms with E-state index in [2.05, 4.69) is 119 Å². The number of rotatable bonds is 15. The second kappa shape index (κ2) is 18.0. The van der Waals surface area contributed by atoms with Gasteiger partial charge in [0.1, 0.15) is 24.4 Å². The zero-order chi connectivity index (χ0) is 36.7. The highest BCUT2D eigenvalue weighted by Gasteiger charge is 2.33. The van der Waals surface area contributed by atoms with Gasteiger partial charge in [-0.3, -0.25) is 4.79 Å². The average Bonchev–Trinajstić information content (AvgIpc) is 3.13. The summed E-state index contributed by atoms with van der Waals surface area (Å²) in [6.45, 7) is 25.3. The Hall–Kier alpha value is -3.29. The van der Waals surface area contributed by atoms with Crippen LogP contribution in [0.4, 0.5) is 5.69 Å². The van der Waals surface area contributed by atoms with Crippen LogP contribution in [0.5, 0.6) is 0 Å². The van der Waals surface area contributed by atoms with E-state index in [9.17, 15) is 4.79 Å². The van der Waals surface area contributed by atoms with Crippen LogP contribution in [0.2, 0.25) is 0 Å². The van der Waals surface area contributed by atoms with Crippen molar-refractivity contribution in [1.82, 2.24) is 14.1 Å². The van der Waals surface area contributed by atoms with Gasteiger partial charge >= 0.3 is 0 Å². The second-order valence-corrected chi connectivity index (χ2v) is 15.4. The smallest absolute Gasteiger partial charge is 0.259 e. The molecule has 2 heterocycles. The molecule has 0 bridgehead atoms. The summed E-state index contributed by atoms with van der Waals surface area (Å²) in [5, 5.41) is 2.13. The zero-order valence-corrected chi connectivity index (χ0v) is 33.3. The molecular formula is C42H60N4O4P+. The van der Waals surface area contributed by atoms with E-state index >= 15 is 0 Å². The van der Waals surface area contributed by atoms with Gasteiger partial charge in [0.25, 0.3) is 14.4 Å². The molecule has 0 spiro atoms. The predicted octanol–water partition coefficient (Wildman–Crippen LogP) is 9.26. The van der Waals surface area contributed by atoms with E-state index in [4.69, 9.17) is 13.5 Å². The van der Waals surface area contributed by atoms with E-state index in [1.807, 2.05) is 23.1 Å². The third-order valence-electron chi connectivity index (χ3n) is 9.99. The molecule has 9 heteroatoms. The van der Waals surface area contributed by atoms with Crippen LogP contribution in [-0.4, -0.2) is 79.5 Å². The van der Waals surface area contributed by atoms with Crippen molar-refractivity contribution < 1.29 is 18.3 Å². The van der Waals surface area contributed by atoms with Gasteiger partial charge in [-0.25, -0.2) is 9.25 Å². The molecule has 8 nitrogen and oxygen atoms in total. The first-order valence-corrected chi connectivity index (χ1v) is 20.4. The fourth-order valence-corrected chi connectivity index (χ4v) is 9.23. The number of hydrogen-bond acceptors (Lipinski definition) is 6. The number of carbonyl (C=O) groups excluding carboxylic acids is 1. The topological polar surface area (TPSA) is 61.4 Å². The van der Waals surface area contributed by atoms with E-state index in [1.165, 1.54) is 0 Å². The lowest BCUT2D eigenvalue weighted by atomic mass is 9.90. The molecule has 1 atom stereocenters. The minimum Gasteiger partial charge on any atom is -0.456 e. The largest absolute Gasteiger partial charge is 0.456 e. The Bertz CT molecular complexity index is 1780. The molecule has 2 aromatic rings. The van der Waals surface area contributed by atoms with Gasteiger partial charge < -0.3 is 23.3 Å². The van der Waals surface area contributed by atoms with Crippen LogP contribution in [0.3, 0.4) is 0 Å². The summed E-state index contributed by atoms with van der Waals surface area (Å²) in [7, 11) is -1.18. The molecular weight excluding hydrogens is 655 g/mol. The van der Waals surface area contributed by atoms with Crippen molar-refractivity contribution in [3.8, 4) is 22.5 Å². The monoisotopic (exact) mass is 715 g/mol. The molecule has 2 aliphatic heterocycles. The number of piperidine rings is 1. The summed E-state index contributed by atoms with van der Waals surface area (Å²) in [6, 6.07) is 21.7. The van der Waals surface area contributed by atoms with Crippen molar-refractivity contribution in [2.24, 2.45) is 0 Å². The van der Waals surface area contributed by atoms with Gasteiger partial charge in [0.2, 0.25) is 5.36 Å². The number of hydrogen-bond donors (Lipinski definition) is 0. The minimum atomic E-state index is -1.18. The standard InChI is InChI=1S/C42H60N4O4P/c1-10-27-48-51(46(30(6)7)31(8)9)50-34-23-25-45(26-24-34)42(47)36-18-16-15-17-35(36)41-37-21-19-32(43(11-2)12-3)28-39(37)49-40-29-33(20-22-38(40)41)44(13-4)14-5/h15-22,28-31,34H,10-14,23-27H2,1-9H3/q+1. The molecule has 0 saturated carbocycles. The van der Waals surface area contributed by atoms with Gasteiger partial charge in [-0.15, -0.1) is 0 Å². The number of likely N-dealkylation sites (tertiary alicyclic amines) is 1. The quantitative estimate of drug-likeness (QED) is 0.0695. The Morgan fingerprint density at radius 1 is 0.902 bits per heavy atom. The van der Waals surface area contributed by atoms with Gasteiger partial charge in [-0.05, 0) is 104 Å². The Balaban J connectivity index is 1.51. The van der Waals surface area contributed by atoms with Crippen LogP contribution in [0, 0.1) is 0 Å². The van der Waals surface area contributed by atoms with Crippen LogP contribution < -0.4 is 14.8 Å². The van der Waals surface area contributed by atoms with E-state index in [0.717, 1.165) is 89.9 Å². The van der Waals surface area contributed by atoms with Crippen molar-refractivity contribution >= 4 is 31.1 Å². The fraction of sp³-hybridized carbons (Fsp3) is 0.524. The van der Waals surface area contributed by atoms with E-state index in [1.54, 1.807) is 0 Å². The molecule has 0 aromatic heterocycles. The molecule has 3 aliphatic rings. The van der Waals surface area contributed by atoms with Crippen LogP contribution in [-0.2, 0) is 9.05 Å². The Morgan fingerprint density at radius 3 is 2.22 bits per heavy atom. The molecule has 51 heavy (non-hydrogen) atoms. The van der Waals surface area contributed by atoms with Gasteiger partial charge in [-0.1, -0.05) is 25.1 Å². The maximum Gasteiger partial charge on any atom is 0.259 e. The van der Waals surface area contributed by atoms with Crippen molar-refractivity contribution in [3.63, 3.8) is 0 Å². The van der Waals surface area contributed by atoms with Crippen molar-refractivity contribution in [3.05, 3.63) is 71.6 Å². The second-order valence-electron chi connectivity index (χ2n) is 14.0. The molecule has 1 amide bonds. The first-order valence-electron chi connectivity index (χ1n) is 19.3. The summed E-state index contributed by atoms with van der Waals surface area (Å²) in [5.74, 6) is 0.874. The molecule has 1 aliphatic carbocycles. The van der Waals surface area contributed by atoms with Crippen molar-refractivity contribution in [2.45, 2.75) is 99.8 Å². The molecule has 1 fully saturated rings. The summed E-state index contributed by atoms with van der Waals surface area (Å²) in [4.78, 5) is 18.8. The number of amides is 1. The SMILES string of the molecule is CCCOP(OC1CCN(C(=O)c2ccccc2-c2c3ccc(=[N+](CC)CC)cc-3oc3cc(N(CC)CC)ccc23)CC1)N(C(C)C)C(C)C. The van der Waals surface area contributed by atoms with Crippen LogP contribution >= 0.6 is 8.53 Å². The lowest BCUT2D eigenvalue weighted by Crippen LogP contribution is -2.42. The van der Waals surface area contributed by atoms with Gasteiger partial charge in [0, 0.05) is 78.2 Å². The van der Waals surface area contributed by atoms with E-state index in [-0.39, 0.29) is 12.0 Å². The molecule has 0 radical (unpaired) electrons. The van der Waals surface area contributed by atoms with E-state index in [0.29, 0.717) is 37.3 Å². The highest BCUT2D eigenvalue weighted by Crippen LogP contribution is 2.48. The number of carbonyl (C=O) groups is 1. The molecule has 5 rings (SSSR count). The van der Waals surface area contributed by atoms with Crippen LogP contribution in [0.1, 0.15) is 91.9 Å². The third kappa shape index (κ3) is 8.68. The van der Waals surface area contributed by atoms with Gasteiger partial charge in [-0.2, -0.15) is 0 Å². The summed E-state index contributed by atoms with van der Waals surface area (Å²) in [6.07, 6.45) is 2.57. The maximum atomic E-state index is 14.5. The van der Waals surface area contributed by atoms with Gasteiger partial charge in [0.15, 0.2) is 0 Å². The minimum absolute atomic E-state index is 0.0517. The number of nitrogens with zero attached hydrogens (tertiary/aromatic N) is 4. The molecule has 1 saturated heterocycles. The highest BCUT2D eigenvalue weighted by atomic mass is 31.2. The molecule has 1 unspecified atom stereocenters. The van der Waals surface area contributed by atoms with Crippen molar-refractivity contribution in [2.75, 3.05) is 50.8 Å². The van der Waals surface area contributed by atoms with Crippen LogP contribution in [0.25, 0.3) is 33.4 Å². The molecule has 2 aromatic carbocycles. The normalized spacial score (nSPS) is 14.7. The Kier molecular flexibility index (Phi) is 13.7. The first-order chi connectivity index (χ1) is 24.6. The lowest BCUT2D eigenvalue weighted by Gasteiger charge is -2.39. The maximum absolute atomic E-state index is 14.5. The molecule has 276 valence electrons. The molecule has 0 N–H and O–H groups in total. The zero-order valence-electron chi connectivity index (χ0n) is 32.4. The van der Waals surface area contributed by atoms with Crippen LogP contribution in [0.15, 0.2) is 65.1 Å². The average molecular weight is 716 g/mol. The Labute approximate surface area is 307 Å². The number of benzene rings is 3. The lowest BCUT2D eigenvalue weighted by molar-refractivity contribution is 0.0543. The third-order valence-corrected chi connectivity index (χ3v) is 12.2.